The number of nitrogens with one attached hydrogen (secondary N) is 2. The lowest BCUT2D eigenvalue weighted by atomic mass is 10.0. The van der Waals surface area contributed by atoms with Crippen molar-refractivity contribution in [1.82, 2.24) is 14.3 Å². The van der Waals surface area contributed by atoms with Gasteiger partial charge in [-0.15, -0.1) is 0 Å². The predicted molar refractivity (Wildman–Crippen MR) is 185 cm³/mol. The molecule has 0 spiro atoms. The number of rotatable bonds is 17. The summed E-state index contributed by atoms with van der Waals surface area (Å²) in [7, 11) is -8.11. The van der Waals surface area contributed by atoms with E-state index < -0.39 is 50.5 Å². The minimum atomic E-state index is -4.11. The summed E-state index contributed by atoms with van der Waals surface area (Å²) in [6.07, 6.45) is 1.29. The van der Waals surface area contributed by atoms with Crippen molar-refractivity contribution in [3.05, 3.63) is 102 Å². The lowest BCUT2D eigenvalue weighted by Crippen LogP contribution is -2.48. The van der Waals surface area contributed by atoms with Crippen molar-refractivity contribution in [2.45, 2.75) is 61.4 Å². The fraction of sp³-hybridized carbons (Fsp3) is 0.343. The Morgan fingerprint density at radius 3 is 2.23 bits per heavy atom. The molecule has 0 saturated heterocycles. The fourth-order valence-corrected chi connectivity index (χ4v) is 8.49. The molecule has 0 saturated carbocycles. The van der Waals surface area contributed by atoms with Gasteiger partial charge in [0.15, 0.2) is 0 Å². The van der Waals surface area contributed by atoms with Crippen LogP contribution in [0.4, 0.5) is 10.1 Å². The van der Waals surface area contributed by atoms with Crippen molar-refractivity contribution in [3.8, 4) is 0 Å². The first-order valence-corrected chi connectivity index (χ1v) is 18.7. The van der Waals surface area contributed by atoms with E-state index in [1.54, 1.807) is 18.2 Å². The molecule has 0 bridgehead atoms. The molecule has 48 heavy (non-hydrogen) atoms. The quantitative estimate of drug-likeness (QED) is 0.0937. The van der Waals surface area contributed by atoms with Crippen molar-refractivity contribution in [2.24, 2.45) is 5.92 Å². The highest BCUT2D eigenvalue weighted by atomic mass is 32.2. The molecule has 0 aromatic heterocycles. The van der Waals surface area contributed by atoms with Crippen LogP contribution in [0.25, 0.3) is 10.8 Å². The third-order valence-corrected chi connectivity index (χ3v) is 11.3. The molecule has 1 amide bonds. The van der Waals surface area contributed by atoms with Crippen LogP contribution in [-0.4, -0.2) is 63.9 Å². The van der Waals surface area contributed by atoms with Gasteiger partial charge in [-0.25, -0.2) is 21.2 Å². The number of aliphatic hydroxyl groups excluding tert-OH is 1. The van der Waals surface area contributed by atoms with Gasteiger partial charge >= 0.3 is 0 Å². The number of carbonyl (C=O) groups excluding carboxylic acids is 1. The molecule has 4 aromatic carbocycles. The van der Waals surface area contributed by atoms with Gasteiger partial charge in [0.1, 0.15) is 11.9 Å². The minimum Gasteiger partial charge on any atom is -0.396 e. The lowest BCUT2D eigenvalue weighted by molar-refractivity contribution is -0.122. The third kappa shape index (κ3) is 9.60. The summed E-state index contributed by atoms with van der Waals surface area (Å²) in [5, 5.41) is 15.0. The second-order valence-electron chi connectivity index (χ2n) is 12.1. The first-order valence-electron chi connectivity index (χ1n) is 15.8. The average molecular weight is 699 g/mol. The number of hydrogen-bond acceptors (Lipinski definition) is 7. The van der Waals surface area contributed by atoms with Crippen molar-refractivity contribution >= 4 is 42.4 Å². The normalized spacial score (nSPS) is 13.5. The molecule has 0 heterocycles. The molecule has 0 aliphatic heterocycles. The highest BCUT2D eigenvalue weighted by Crippen LogP contribution is 2.25. The van der Waals surface area contributed by atoms with Crippen molar-refractivity contribution in [3.63, 3.8) is 0 Å². The Morgan fingerprint density at radius 2 is 1.56 bits per heavy atom. The van der Waals surface area contributed by atoms with E-state index >= 15 is 0 Å². The number of nitrogens with zero attached hydrogens (tertiary/aromatic N) is 1. The lowest BCUT2D eigenvalue weighted by Gasteiger charge is -2.31. The highest BCUT2D eigenvalue weighted by Gasteiger charge is 2.32. The van der Waals surface area contributed by atoms with Gasteiger partial charge in [0, 0.05) is 19.1 Å². The third-order valence-electron chi connectivity index (χ3n) is 7.92. The van der Waals surface area contributed by atoms with Gasteiger partial charge in [0.2, 0.25) is 26.0 Å². The first kappa shape index (κ1) is 36.9. The van der Waals surface area contributed by atoms with Gasteiger partial charge < -0.3 is 16.2 Å². The summed E-state index contributed by atoms with van der Waals surface area (Å²) < 4.78 is 71.0. The Hall–Kier alpha value is -3.88. The molecule has 5 N–H and O–H groups in total. The molecule has 0 radical (unpaired) electrons. The maximum absolute atomic E-state index is 13.8. The Morgan fingerprint density at radius 1 is 0.875 bits per heavy atom. The number of anilines is 1. The number of sulfonamides is 2. The van der Waals surface area contributed by atoms with E-state index in [2.05, 4.69) is 10.0 Å². The zero-order valence-corrected chi connectivity index (χ0v) is 28.7. The Bertz CT molecular complexity index is 1910. The molecule has 4 aromatic rings. The molecule has 0 aliphatic carbocycles. The first-order chi connectivity index (χ1) is 22.8. The van der Waals surface area contributed by atoms with Gasteiger partial charge in [-0.1, -0.05) is 80.9 Å². The van der Waals surface area contributed by atoms with Crippen LogP contribution in [0.5, 0.6) is 0 Å². The van der Waals surface area contributed by atoms with Crippen molar-refractivity contribution in [1.29, 1.82) is 0 Å². The zero-order chi connectivity index (χ0) is 34.9. The van der Waals surface area contributed by atoms with Crippen LogP contribution in [0.1, 0.15) is 38.7 Å². The summed E-state index contributed by atoms with van der Waals surface area (Å²) in [5.41, 5.74) is 6.13. The summed E-state index contributed by atoms with van der Waals surface area (Å²) in [6, 6.07) is 22.7. The van der Waals surface area contributed by atoms with E-state index in [0.717, 1.165) is 34.5 Å². The standard InChI is InChI=1S/C35H43FN4O6S2/c1-25(2)23-40(48(45,46)31-17-18-32(36)33(37)22-31)29(24-41)12-8-9-19-38-35(42)34(39-47(43,44)30-13-4-3-5-14-30)21-26-15-16-27-10-6-7-11-28(27)20-26/h3-7,10-11,13-18,20,22,25,29,34,39,41H,8-9,12,19,21,23-24,37H2,1-2H3,(H,38,42)/t29-,34+/m1/s1. The van der Waals surface area contributed by atoms with Crippen molar-refractivity contribution in [2.75, 3.05) is 25.4 Å². The Balaban J connectivity index is 1.42. The van der Waals surface area contributed by atoms with Gasteiger partial charge in [-0.2, -0.15) is 9.03 Å². The number of fused-ring (bicyclic) bond motifs is 1. The van der Waals surface area contributed by atoms with E-state index in [-0.39, 0.29) is 47.3 Å². The van der Waals surface area contributed by atoms with E-state index in [9.17, 15) is 31.1 Å². The van der Waals surface area contributed by atoms with Crippen LogP contribution in [-0.2, 0) is 31.3 Å². The molecule has 258 valence electrons. The van der Waals surface area contributed by atoms with Crippen LogP contribution in [0.15, 0.2) is 101 Å². The average Bonchev–Trinajstić information content (AvgIpc) is 3.06. The molecule has 10 nitrogen and oxygen atoms in total. The molecular weight excluding hydrogens is 656 g/mol. The highest BCUT2D eigenvalue weighted by molar-refractivity contribution is 7.89. The largest absolute Gasteiger partial charge is 0.396 e. The van der Waals surface area contributed by atoms with Gasteiger partial charge in [-0.3, -0.25) is 4.79 Å². The van der Waals surface area contributed by atoms with Crippen LogP contribution in [0.2, 0.25) is 0 Å². The number of nitrogen functional groups attached to an aromatic ring is 1. The minimum absolute atomic E-state index is 0.0422. The number of aliphatic hydroxyl groups is 1. The number of benzene rings is 4. The monoisotopic (exact) mass is 698 g/mol. The second kappa shape index (κ2) is 16.5. The number of carbonyl (C=O) groups is 1. The fourth-order valence-electron chi connectivity index (χ4n) is 5.43. The molecule has 0 unspecified atom stereocenters. The number of hydrogen-bond donors (Lipinski definition) is 4. The molecule has 0 fully saturated rings. The molecule has 4 rings (SSSR count). The van der Waals surface area contributed by atoms with E-state index in [1.165, 1.54) is 16.4 Å². The number of halogens is 1. The molecule has 13 heteroatoms. The van der Waals surface area contributed by atoms with Crippen LogP contribution < -0.4 is 15.8 Å². The number of nitrogens with two attached hydrogens (primary N) is 1. The Kier molecular flexibility index (Phi) is 12.7. The number of amides is 1. The van der Waals surface area contributed by atoms with E-state index in [1.807, 2.05) is 56.3 Å². The molecule has 0 aliphatic rings. The van der Waals surface area contributed by atoms with Gasteiger partial charge in [0.05, 0.1) is 22.1 Å². The van der Waals surface area contributed by atoms with Gasteiger partial charge in [-0.05, 0) is 71.8 Å². The Labute approximate surface area is 282 Å². The van der Waals surface area contributed by atoms with Crippen LogP contribution in [0.3, 0.4) is 0 Å². The summed E-state index contributed by atoms with van der Waals surface area (Å²) in [6.45, 7) is 3.59. The van der Waals surface area contributed by atoms with Crippen LogP contribution in [0, 0.1) is 11.7 Å². The summed E-state index contributed by atoms with van der Waals surface area (Å²) in [4.78, 5) is 13.3. The predicted octanol–water partition coefficient (Wildman–Crippen LogP) is 4.45. The summed E-state index contributed by atoms with van der Waals surface area (Å²) in [5.74, 6) is -1.29. The molecule has 2 atom stereocenters. The molecular formula is C35H43FN4O6S2. The summed E-state index contributed by atoms with van der Waals surface area (Å²) >= 11 is 0. The van der Waals surface area contributed by atoms with Crippen molar-refractivity contribution < 1.29 is 31.1 Å². The van der Waals surface area contributed by atoms with Gasteiger partial charge in [0.25, 0.3) is 0 Å². The maximum Gasteiger partial charge on any atom is 0.243 e. The smallest absolute Gasteiger partial charge is 0.243 e. The second-order valence-corrected chi connectivity index (χ2v) is 15.8. The van der Waals surface area contributed by atoms with Crippen LogP contribution >= 0.6 is 0 Å². The topological polar surface area (TPSA) is 159 Å². The van der Waals surface area contributed by atoms with E-state index in [4.69, 9.17) is 5.73 Å². The van der Waals surface area contributed by atoms with E-state index in [0.29, 0.717) is 12.8 Å². The zero-order valence-electron chi connectivity index (χ0n) is 27.0. The number of unbranched alkanes of at least 4 members (excludes halogenated alkanes) is 1. The maximum atomic E-state index is 13.8. The SMILES string of the molecule is CC(C)CN([C@@H](CO)CCCCNC(=O)[C@H](Cc1ccc2ccccc2c1)NS(=O)(=O)c1ccccc1)S(=O)(=O)c1ccc(F)c(N)c1.